The summed E-state index contributed by atoms with van der Waals surface area (Å²) in [4.78, 5) is 18.0. The summed E-state index contributed by atoms with van der Waals surface area (Å²) in [7, 11) is 0. The minimum absolute atomic E-state index is 0.0446. The average molecular weight is 430 g/mol. The Labute approximate surface area is 184 Å². The van der Waals surface area contributed by atoms with Crippen molar-refractivity contribution in [3.05, 3.63) is 94.4 Å². The minimum Gasteiger partial charge on any atom is -0.377 e. The van der Waals surface area contributed by atoms with E-state index in [-0.39, 0.29) is 11.8 Å². The quantitative estimate of drug-likeness (QED) is 0.409. The monoisotopic (exact) mass is 429 g/mol. The van der Waals surface area contributed by atoms with Gasteiger partial charge in [-0.2, -0.15) is 5.10 Å². The van der Waals surface area contributed by atoms with E-state index in [9.17, 15) is 4.79 Å². The summed E-state index contributed by atoms with van der Waals surface area (Å²) < 4.78 is 1.74. The molecule has 0 amide bonds. The molecule has 0 bridgehead atoms. The van der Waals surface area contributed by atoms with Crippen LogP contribution < -0.4 is 10.6 Å². The van der Waals surface area contributed by atoms with Gasteiger partial charge in [0.05, 0.1) is 33.8 Å². The van der Waals surface area contributed by atoms with Gasteiger partial charge in [-0.3, -0.25) is 4.79 Å². The molecule has 0 radical (unpaired) electrons. The molecule has 1 aliphatic rings. The minimum atomic E-state index is -0.161. The molecule has 2 aromatic heterocycles. The number of benzene rings is 2. The molecule has 4 aromatic rings. The maximum Gasteiger partial charge on any atom is 0.196 e. The third-order valence-electron chi connectivity index (χ3n) is 5.41. The van der Waals surface area contributed by atoms with E-state index in [0.29, 0.717) is 21.8 Å². The van der Waals surface area contributed by atoms with Crippen LogP contribution in [0.4, 0.5) is 17.2 Å². The van der Waals surface area contributed by atoms with E-state index in [1.165, 1.54) is 0 Å². The molecular formula is C24H20ClN5O. The first kappa shape index (κ1) is 19.3. The number of rotatable bonds is 3. The molecule has 7 heteroatoms. The van der Waals surface area contributed by atoms with Gasteiger partial charge < -0.3 is 10.6 Å². The number of ketones is 1. The molecule has 0 saturated heterocycles. The van der Waals surface area contributed by atoms with Gasteiger partial charge in [0.2, 0.25) is 0 Å². The number of hydrogen-bond acceptors (Lipinski definition) is 5. The molecule has 6 nitrogen and oxygen atoms in total. The van der Waals surface area contributed by atoms with E-state index >= 15 is 0 Å². The van der Waals surface area contributed by atoms with Crippen LogP contribution in [0.5, 0.6) is 0 Å². The number of pyridine rings is 1. The Morgan fingerprint density at radius 1 is 1.10 bits per heavy atom. The highest BCUT2D eigenvalue weighted by molar-refractivity contribution is 6.35. The van der Waals surface area contributed by atoms with E-state index in [0.717, 1.165) is 28.5 Å². The van der Waals surface area contributed by atoms with E-state index in [4.69, 9.17) is 11.6 Å². The van der Waals surface area contributed by atoms with E-state index < -0.39 is 0 Å². The van der Waals surface area contributed by atoms with E-state index in [2.05, 4.69) is 27.6 Å². The van der Waals surface area contributed by atoms with E-state index in [1.54, 1.807) is 29.1 Å². The molecule has 2 aromatic carbocycles. The highest BCUT2D eigenvalue weighted by atomic mass is 35.5. The number of fused-ring (bicyclic) bond motifs is 2. The summed E-state index contributed by atoms with van der Waals surface area (Å²) >= 11 is 6.54. The topological polar surface area (TPSA) is 71.8 Å². The number of halogens is 1. The number of carbonyl (C=O) groups is 1. The van der Waals surface area contributed by atoms with Gasteiger partial charge >= 0.3 is 0 Å². The average Bonchev–Trinajstić information content (AvgIpc) is 3.14. The van der Waals surface area contributed by atoms with Gasteiger partial charge in [-0.15, -0.1) is 0 Å². The summed E-state index contributed by atoms with van der Waals surface area (Å²) in [5, 5.41) is 11.6. The summed E-state index contributed by atoms with van der Waals surface area (Å²) in [6.45, 7) is 3.99. The molecule has 1 aliphatic heterocycles. The molecule has 0 saturated carbocycles. The van der Waals surface area contributed by atoms with Gasteiger partial charge in [-0.1, -0.05) is 23.7 Å². The van der Waals surface area contributed by atoms with Gasteiger partial charge in [0.15, 0.2) is 5.78 Å². The van der Waals surface area contributed by atoms with Crippen LogP contribution in [-0.4, -0.2) is 20.5 Å². The lowest BCUT2D eigenvalue weighted by Crippen LogP contribution is -2.08. The lowest BCUT2D eigenvalue weighted by molar-refractivity contribution is 0.103. The van der Waals surface area contributed by atoms with Crippen molar-refractivity contribution in [2.45, 2.75) is 19.9 Å². The molecule has 0 spiro atoms. The summed E-state index contributed by atoms with van der Waals surface area (Å²) in [6, 6.07) is 16.9. The normalized spacial score (nSPS) is 14.6. The number of para-hydroxylation sites is 1. The van der Waals surface area contributed by atoms with Crippen LogP contribution >= 0.6 is 11.6 Å². The first-order valence-electron chi connectivity index (χ1n) is 9.99. The van der Waals surface area contributed by atoms with Crippen molar-refractivity contribution in [1.29, 1.82) is 0 Å². The molecule has 1 unspecified atom stereocenters. The van der Waals surface area contributed by atoms with Crippen molar-refractivity contribution in [2.75, 3.05) is 10.6 Å². The predicted molar refractivity (Wildman–Crippen MR) is 123 cm³/mol. The highest BCUT2D eigenvalue weighted by Gasteiger charge is 2.24. The Hall–Kier alpha value is -3.64. The van der Waals surface area contributed by atoms with Crippen LogP contribution in [0.15, 0.2) is 67.0 Å². The predicted octanol–water partition coefficient (Wildman–Crippen LogP) is 5.69. The lowest BCUT2D eigenvalue weighted by Gasteiger charge is -2.15. The van der Waals surface area contributed by atoms with E-state index in [1.807, 2.05) is 49.5 Å². The number of nitrogens with one attached hydrogen (secondary N) is 2. The van der Waals surface area contributed by atoms with Crippen molar-refractivity contribution in [3.8, 4) is 5.69 Å². The fourth-order valence-corrected chi connectivity index (χ4v) is 4.09. The van der Waals surface area contributed by atoms with Gasteiger partial charge in [-0.25, -0.2) is 9.67 Å². The molecule has 2 N–H and O–H groups in total. The largest absolute Gasteiger partial charge is 0.377 e. The van der Waals surface area contributed by atoms with Gasteiger partial charge in [0.1, 0.15) is 5.82 Å². The molecule has 1 atom stereocenters. The second-order valence-electron chi connectivity index (χ2n) is 7.56. The van der Waals surface area contributed by atoms with Gasteiger partial charge in [-0.05, 0) is 56.3 Å². The Bertz CT molecular complexity index is 1310. The standard InChI is InChI=1S/C24H20ClN5O/c1-14-10-12-30(29-14)16-8-9-18(20(25)13-16)23(31)19-5-3-7-21-22(19)28-24-17(15(2)27-21)6-4-11-26-24/h3-13,15,27H,1-2H3,(H,26,28). The van der Waals surface area contributed by atoms with Crippen LogP contribution in [0.2, 0.25) is 5.02 Å². The first-order chi connectivity index (χ1) is 15.0. The zero-order valence-electron chi connectivity index (χ0n) is 17.1. The molecule has 0 fully saturated rings. The van der Waals surface area contributed by atoms with Crippen LogP contribution in [0.25, 0.3) is 5.69 Å². The lowest BCUT2D eigenvalue weighted by atomic mass is 10.00. The number of hydrogen-bond donors (Lipinski definition) is 2. The number of aryl methyl sites for hydroxylation is 1. The molecule has 3 heterocycles. The van der Waals surface area contributed by atoms with Crippen molar-refractivity contribution >= 4 is 34.6 Å². The summed E-state index contributed by atoms with van der Waals surface area (Å²) in [5.74, 6) is 0.573. The summed E-state index contributed by atoms with van der Waals surface area (Å²) in [6.07, 6.45) is 3.60. The molecule has 31 heavy (non-hydrogen) atoms. The Kier molecular flexibility index (Phi) is 4.71. The van der Waals surface area contributed by atoms with Gasteiger partial charge in [0.25, 0.3) is 0 Å². The second kappa shape index (κ2) is 7.56. The Balaban J connectivity index is 1.55. The number of nitrogens with zero attached hydrogens (tertiary/aromatic N) is 3. The van der Waals surface area contributed by atoms with Crippen LogP contribution in [0.1, 0.15) is 40.1 Å². The SMILES string of the molecule is Cc1ccn(-c2ccc(C(=O)c3cccc4c3Nc3ncccc3C(C)N4)c(Cl)c2)n1. The van der Waals surface area contributed by atoms with Crippen molar-refractivity contribution in [2.24, 2.45) is 0 Å². The maximum absolute atomic E-state index is 13.5. The van der Waals surface area contributed by atoms with Crippen molar-refractivity contribution < 1.29 is 4.79 Å². The molecule has 5 rings (SSSR count). The zero-order chi connectivity index (χ0) is 21.5. The number of anilines is 3. The fourth-order valence-electron chi connectivity index (χ4n) is 3.83. The Morgan fingerprint density at radius 2 is 1.97 bits per heavy atom. The van der Waals surface area contributed by atoms with Crippen LogP contribution in [0.3, 0.4) is 0 Å². The highest BCUT2D eigenvalue weighted by Crippen LogP contribution is 2.39. The Morgan fingerprint density at radius 3 is 2.74 bits per heavy atom. The molecule has 154 valence electrons. The van der Waals surface area contributed by atoms with Crippen molar-refractivity contribution in [3.63, 3.8) is 0 Å². The zero-order valence-corrected chi connectivity index (χ0v) is 17.8. The first-order valence-corrected chi connectivity index (χ1v) is 10.4. The number of aromatic nitrogens is 3. The van der Waals surface area contributed by atoms with Crippen LogP contribution in [-0.2, 0) is 0 Å². The molecular weight excluding hydrogens is 410 g/mol. The van der Waals surface area contributed by atoms with Crippen molar-refractivity contribution in [1.82, 2.24) is 14.8 Å². The van der Waals surface area contributed by atoms with Gasteiger partial charge in [0, 0.05) is 29.1 Å². The van der Waals surface area contributed by atoms with Crippen LogP contribution in [0, 0.1) is 6.92 Å². The second-order valence-corrected chi connectivity index (χ2v) is 7.96. The third-order valence-corrected chi connectivity index (χ3v) is 5.73. The smallest absolute Gasteiger partial charge is 0.196 e. The third kappa shape index (κ3) is 3.45. The maximum atomic E-state index is 13.5. The summed E-state index contributed by atoms with van der Waals surface area (Å²) in [5.41, 5.74) is 5.24. The molecule has 0 aliphatic carbocycles. The number of carbonyl (C=O) groups excluding carboxylic acids is 1. The fraction of sp³-hybridized carbons (Fsp3) is 0.125.